The van der Waals surface area contributed by atoms with E-state index in [9.17, 15) is 14.9 Å². The SMILES string of the molecule is COC(=O)c1cc(N2CC(C)(C)OC(C)(C)C2)cc(C)c1[N+](=O)[O-]. The Hall–Kier alpha value is -2.15. The fraction of sp³-hybridized carbons (Fsp3) is 0.588. The number of hydrogen-bond acceptors (Lipinski definition) is 6. The van der Waals surface area contributed by atoms with E-state index < -0.39 is 10.9 Å². The Bertz CT molecular complexity index is 666. The maximum atomic E-state index is 12.0. The molecule has 0 atom stereocenters. The zero-order chi connectivity index (χ0) is 18.3. The number of benzene rings is 1. The van der Waals surface area contributed by atoms with Gasteiger partial charge in [-0.05, 0) is 46.8 Å². The van der Waals surface area contributed by atoms with Gasteiger partial charge in [0.25, 0.3) is 5.69 Å². The van der Waals surface area contributed by atoms with Crippen molar-refractivity contribution in [2.75, 3.05) is 25.1 Å². The van der Waals surface area contributed by atoms with E-state index in [0.29, 0.717) is 18.7 Å². The molecule has 1 aromatic rings. The van der Waals surface area contributed by atoms with Gasteiger partial charge >= 0.3 is 5.97 Å². The van der Waals surface area contributed by atoms with Crippen LogP contribution in [0.15, 0.2) is 12.1 Å². The number of carbonyl (C=O) groups excluding carboxylic acids is 1. The van der Waals surface area contributed by atoms with Crippen molar-refractivity contribution in [1.29, 1.82) is 0 Å². The number of methoxy groups -OCH3 is 1. The molecule has 1 aliphatic heterocycles. The van der Waals surface area contributed by atoms with E-state index in [0.717, 1.165) is 5.69 Å². The van der Waals surface area contributed by atoms with Crippen LogP contribution in [-0.4, -0.2) is 42.3 Å². The second-order valence-corrected chi connectivity index (χ2v) is 7.39. The largest absolute Gasteiger partial charge is 0.465 e. The third-order valence-electron chi connectivity index (χ3n) is 3.93. The minimum absolute atomic E-state index is 0.0281. The summed E-state index contributed by atoms with van der Waals surface area (Å²) < 4.78 is 10.8. The van der Waals surface area contributed by atoms with Crippen LogP contribution < -0.4 is 4.90 Å². The lowest BCUT2D eigenvalue weighted by Crippen LogP contribution is -2.57. The standard InChI is InChI=1S/C17H24N2O5/c1-11-7-12(8-13(15(20)23-6)14(11)19(21)22)18-9-16(2,3)24-17(4,5)10-18/h7-8H,9-10H2,1-6H3. The number of carbonyl (C=O) groups is 1. The lowest BCUT2D eigenvalue weighted by Gasteiger charge is -2.48. The Balaban J connectivity index is 2.53. The number of rotatable bonds is 3. The molecule has 1 saturated heterocycles. The van der Waals surface area contributed by atoms with Crippen LogP contribution in [0.1, 0.15) is 43.6 Å². The number of nitro groups is 1. The van der Waals surface area contributed by atoms with Crippen molar-refractivity contribution < 1.29 is 19.2 Å². The molecule has 0 saturated carbocycles. The van der Waals surface area contributed by atoms with Crippen molar-refractivity contribution in [2.24, 2.45) is 0 Å². The lowest BCUT2D eigenvalue weighted by molar-refractivity contribution is -0.385. The zero-order valence-corrected chi connectivity index (χ0v) is 15.0. The van der Waals surface area contributed by atoms with Crippen LogP contribution >= 0.6 is 0 Å². The van der Waals surface area contributed by atoms with Crippen molar-refractivity contribution in [2.45, 2.75) is 45.8 Å². The predicted octanol–water partition coefficient (Wildman–Crippen LogP) is 3.08. The summed E-state index contributed by atoms with van der Waals surface area (Å²) in [4.78, 5) is 24.9. The smallest absolute Gasteiger partial charge is 0.344 e. The number of anilines is 1. The molecular formula is C17H24N2O5. The molecule has 7 heteroatoms. The molecule has 0 aliphatic carbocycles. The van der Waals surface area contributed by atoms with Gasteiger partial charge < -0.3 is 14.4 Å². The summed E-state index contributed by atoms with van der Waals surface area (Å²) in [6.45, 7) is 10.9. The monoisotopic (exact) mass is 336 g/mol. The Morgan fingerprint density at radius 1 is 1.25 bits per heavy atom. The quantitative estimate of drug-likeness (QED) is 0.479. The molecule has 0 aromatic heterocycles. The molecule has 2 rings (SSSR count). The van der Waals surface area contributed by atoms with Crippen LogP contribution in [0.25, 0.3) is 0 Å². The number of nitrogens with zero attached hydrogens (tertiary/aromatic N) is 2. The first-order valence-electron chi connectivity index (χ1n) is 7.78. The molecule has 24 heavy (non-hydrogen) atoms. The van der Waals surface area contributed by atoms with Gasteiger partial charge in [0, 0.05) is 24.3 Å². The Morgan fingerprint density at radius 2 is 1.79 bits per heavy atom. The van der Waals surface area contributed by atoms with Crippen molar-refractivity contribution in [3.05, 3.63) is 33.4 Å². The van der Waals surface area contributed by atoms with Crippen LogP contribution in [0.3, 0.4) is 0 Å². The van der Waals surface area contributed by atoms with Crippen molar-refractivity contribution in [3.8, 4) is 0 Å². The van der Waals surface area contributed by atoms with Crippen molar-refractivity contribution in [3.63, 3.8) is 0 Å². The highest BCUT2D eigenvalue weighted by Gasteiger charge is 2.39. The van der Waals surface area contributed by atoms with Gasteiger partial charge in [-0.15, -0.1) is 0 Å². The van der Waals surface area contributed by atoms with Gasteiger partial charge in [0.05, 0.1) is 23.2 Å². The summed E-state index contributed by atoms with van der Waals surface area (Å²) in [6, 6.07) is 3.27. The molecule has 0 spiro atoms. The van der Waals surface area contributed by atoms with E-state index in [4.69, 9.17) is 9.47 Å². The van der Waals surface area contributed by atoms with Crippen LogP contribution in [0.4, 0.5) is 11.4 Å². The van der Waals surface area contributed by atoms with Crippen molar-refractivity contribution >= 4 is 17.3 Å². The molecule has 1 heterocycles. The van der Waals surface area contributed by atoms with E-state index >= 15 is 0 Å². The molecule has 1 aromatic carbocycles. The summed E-state index contributed by atoms with van der Waals surface area (Å²) >= 11 is 0. The second-order valence-electron chi connectivity index (χ2n) is 7.39. The fourth-order valence-corrected chi connectivity index (χ4v) is 3.42. The average molecular weight is 336 g/mol. The highest BCUT2D eigenvalue weighted by Crippen LogP contribution is 2.35. The number of aryl methyl sites for hydroxylation is 1. The van der Waals surface area contributed by atoms with Gasteiger partial charge in [-0.2, -0.15) is 0 Å². The zero-order valence-electron chi connectivity index (χ0n) is 15.0. The summed E-state index contributed by atoms with van der Waals surface area (Å²) in [6.07, 6.45) is 0. The Kier molecular flexibility index (Phi) is 4.59. The summed E-state index contributed by atoms with van der Waals surface area (Å²) in [5.41, 5.74) is 0.200. The minimum atomic E-state index is -0.710. The highest BCUT2D eigenvalue weighted by molar-refractivity contribution is 5.96. The van der Waals surface area contributed by atoms with Gasteiger partial charge in [-0.25, -0.2) is 4.79 Å². The lowest BCUT2D eigenvalue weighted by atomic mass is 9.97. The molecule has 0 amide bonds. The molecule has 0 N–H and O–H groups in total. The van der Waals surface area contributed by atoms with E-state index in [1.165, 1.54) is 13.2 Å². The second kappa shape index (κ2) is 6.05. The van der Waals surface area contributed by atoms with Crippen LogP contribution in [-0.2, 0) is 9.47 Å². The first-order chi connectivity index (χ1) is 11.0. The predicted molar refractivity (Wildman–Crippen MR) is 90.6 cm³/mol. The number of morpholine rings is 1. The number of hydrogen-bond donors (Lipinski definition) is 0. The van der Waals surface area contributed by atoms with Crippen LogP contribution in [0, 0.1) is 17.0 Å². The summed E-state index contributed by atoms with van der Waals surface area (Å²) in [5.74, 6) is -0.710. The van der Waals surface area contributed by atoms with Gasteiger partial charge in [-0.1, -0.05) is 0 Å². The highest BCUT2D eigenvalue weighted by atomic mass is 16.6. The van der Waals surface area contributed by atoms with E-state index in [1.54, 1.807) is 13.0 Å². The average Bonchev–Trinajstić information content (AvgIpc) is 2.41. The van der Waals surface area contributed by atoms with Gasteiger partial charge in [-0.3, -0.25) is 10.1 Å². The fourth-order valence-electron chi connectivity index (χ4n) is 3.42. The maximum Gasteiger partial charge on any atom is 0.344 e. The molecule has 0 unspecified atom stereocenters. The maximum absolute atomic E-state index is 12.0. The van der Waals surface area contributed by atoms with E-state index in [-0.39, 0.29) is 22.5 Å². The topological polar surface area (TPSA) is 81.9 Å². The summed E-state index contributed by atoms with van der Waals surface area (Å²) in [7, 11) is 1.22. The Morgan fingerprint density at radius 3 is 2.25 bits per heavy atom. The van der Waals surface area contributed by atoms with Crippen molar-refractivity contribution in [1.82, 2.24) is 0 Å². The number of ether oxygens (including phenoxy) is 2. The molecule has 132 valence electrons. The number of nitro benzene ring substituents is 1. The molecule has 0 radical (unpaired) electrons. The van der Waals surface area contributed by atoms with Gasteiger partial charge in [0.2, 0.25) is 0 Å². The first-order valence-corrected chi connectivity index (χ1v) is 7.78. The molecule has 0 bridgehead atoms. The van der Waals surface area contributed by atoms with Crippen LogP contribution in [0.2, 0.25) is 0 Å². The van der Waals surface area contributed by atoms with E-state index in [2.05, 4.69) is 4.90 Å². The van der Waals surface area contributed by atoms with E-state index in [1.807, 2.05) is 27.7 Å². The minimum Gasteiger partial charge on any atom is -0.465 e. The molecule has 7 nitrogen and oxygen atoms in total. The third kappa shape index (κ3) is 3.67. The Labute approximate surface area is 141 Å². The number of esters is 1. The molecule has 1 aliphatic rings. The summed E-state index contributed by atoms with van der Waals surface area (Å²) in [5, 5.41) is 11.3. The van der Waals surface area contributed by atoms with Gasteiger partial charge in [0.15, 0.2) is 0 Å². The van der Waals surface area contributed by atoms with Gasteiger partial charge in [0.1, 0.15) is 5.56 Å². The molecule has 1 fully saturated rings. The first kappa shape index (κ1) is 18.2. The van der Waals surface area contributed by atoms with Crippen LogP contribution in [0.5, 0.6) is 0 Å². The molecular weight excluding hydrogens is 312 g/mol. The third-order valence-corrected chi connectivity index (χ3v) is 3.93. The normalized spacial score (nSPS) is 19.0.